The van der Waals surface area contributed by atoms with Gasteiger partial charge in [-0.2, -0.15) is 0 Å². The molecule has 0 radical (unpaired) electrons. The van der Waals surface area contributed by atoms with Gasteiger partial charge >= 0.3 is 6.03 Å². The van der Waals surface area contributed by atoms with E-state index in [1.165, 1.54) is 0 Å². The third-order valence-corrected chi connectivity index (χ3v) is 3.38. The van der Waals surface area contributed by atoms with Crippen LogP contribution in [0.4, 0.5) is 4.79 Å². The third kappa shape index (κ3) is 2.75. The van der Waals surface area contributed by atoms with Gasteiger partial charge in [-0.15, -0.1) is 0 Å². The highest BCUT2D eigenvalue weighted by Gasteiger charge is 2.51. The molecule has 1 heterocycles. The smallest absolute Gasteiger partial charge is 0.277 e. The minimum absolute atomic E-state index is 0.187. The summed E-state index contributed by atoms with van der Waals surface area (Å²) in [6.07, 6.45) is 7.72. The molecule has 1 aliphatic rings. The average molecular weight is 264 g/mol. The molecule has 1 fully saturated rings. The number of rotatable bonds is 5. The lowest BCUT2D eigenvalue weighted by Crippen LogP contribution is -2.63. The Kier molecular flexibility index (Phi) is 5.03. The molecule has 0 aliphatic carbocycles. The number of hydrogen-bond acceptors (Lipinski definition) is 3. The van der Waals surface area contributed by atoms with Gasteiger partial charge < -0.3 is 0 Å². The Balaban J connectivity index is 3.11. The molecule has 5 nitrogen and oxygen atoms in total. The van der Waals surface area contributed by atoms with Crippen molar-refractivity contribution in [3.63, 3.8) is 0 Å². The van der Waals surface area contributed by atoms with Gasteiger partial charge in [0, 0.05) is 6.54 Å². The van der Waals surface area contributed by atoms with E-state index in [4.69, 9.17) is 0 Å². The highest BCUT2D eigenvalue weighted by atomic mass is 16.2. The molecule has 0 bridgehead atoms. The second-order valence-corrected chi connectivity index (χ2v) is 4.45. The molecular weight excluding hydrogens is 244 g/mol. The number of barbiturate groups is 1. The number of nitrogens with one attached hydrogen (secondary N) is 1. The first kappa shape index (κ1) is 15.1. The maximum Gasteiger partial charge on any atom is 0.331 e. The van der Waals surface area contributed by atoms with Crippen LogP contribution in [0.5, 0.6) is 0 Å². The van der Waals surface area contributed by atoms with Gasteiger partial charge in [-0.3, -0.25) is 19.8 Å². The van der Waals surface area contributed by atoms with Gasteiger partial charge in [0.05, 0.1) is 0 Å². The van der Waals surface area contributed by atoms with Crippen LogP contribution in [-0.4, -0.2) is 29.3 Å². The summed E-state index contributed by atoms with van der Waals surface area (Å²) < 4.78 is 0. The molecule has 1 saturated heterocycles. The van der Waals surface area contributed by atoms with E-state index in [-0.39, 0.29) is 6.54 Å². The van der Waals surface area contributed by atoms with Gasteiger partial charge in [0.1, 0.15) is 5.41 Å². The van der Waals surface area contributed by atoms with Crippen molar-refractivity contribution in [1.29, 1.82) is 0 Å². The Labute approximate surface area is 113 Å². The van der Waals surface area contributed by atoms with Crippen LogP contribution < -0.4 is 5.32 Å². The number of allylic oxidation sites excluding steroid dienone is 3. The van der Waals surface area contributed by atoms with Crippen molar-refractivity contribution in [3.8, 4) is 0 Å². The Hall–Kier alpha value is -1.91. The van der Waals surface area contributed by atoms with Crippen molar-refractivity contribution < 1.29 is 14.4 Å². The van der Waals surface area contributed by atoms with Gasteiger partial charge in [0.2, 0.25) is 11.8 Å². The summed E-state index contributed by atoms with van der Waals surface area (Å²) in [6, 6.07) is -0.641. The topological polar surface area (TPSA) is 66.5 Å². The number of carbonyl (C=O) groups excluding carboxylic acids is 3. The van der Waals surface area contributed by atoms with Crippen molar-refractivity contribution in [3.05, 3.63) is 24.3 Å². The fourth-order valence-corrected chi connectivity index (χ4v) is 2.06. The summed E-state index contributed by atoms with van der Waals surface area (Å²) >= 11 is 0. The molecular formula is C14H20N2O3. The predicted octanol–water partition coefficient (Wildman–Crippen LogP) is 2.00. The standard InChI is InChI=1S/C14H20N2O3/c1-4-7-9-14(6-3)11(17)15-13(19)16(12(14)18)10-8-5-2/h4-5,7-8H,6,9-10H2,1-3H3,(H,15,17,19). The summed E-state index contributed by atoms with van der Waals surface area (Å²) in [7, 11) is 0. The van der Waals surface area contributed by atoms with Gasteiger partial charge in [-0.05, 0) is 26.7 Å². The van der Waals surface area contributed by atoms with Gasteiger partial charge in [0.25, 0.3) is 0 Å². The number of imide groups is 2. The number of urea groups is 1. The van der Waals surface area contributed by atoms with Crippen molar-refractivity contribution in [1.82, 2.24) is 10.2 Å². The largest absolute Gasteiger partial charge is 0.331 e. The fourth-order valence-electron chi connectivity index (χ4n) is 2.06. The van der Waals surface area contributed by atoms with E-state index in [2.05, 4.69) is 5.32 Å². The first-order valence-corrected chi connectivity index (χ1v) is 6.43. The Morgan fingerprint density at radius 1 is 1.16 bits per heavy atom. The quantitative estimate of drug-likeness (QED) is 0.610. The monoisotopic (exact) mass is 264 g/mol. The molecule has 0 aromatic rings. The van der Waals surface area contributed by atoms with Crippen molar-refractivity contribution in [2.45, 2.75) is 33.6 Å². The zero-order valence-electron chi connectivity index (χ0n) is 11.6. The summed E-state index contributed by atoms with van der Waals surface area (Å²) in [5, 5.41) is 2.28. The van der Waals surface area contributed by atoms with E-state index < -0.39 is 23.3 Å². The molecule has 0 saturated carbocycles. The van der Waals surface area contributed by atoms with Crippen LogP contribution in [0, 0.1) is 5.41 Å². The summed E-state index contributed by atoms with van der Waals surface area (Å²) in [5.41, 5.74) is -1.16. The van der Waals surface area contributed by atoms with Crippen LogP contribution in [-0.2, 0) is 9.59 Å². The molecule has 1 rings (SSSR count). The first-order valence-electron chi connectivity index (χ1n) is 6.43. The van der Waals surface area contributed by atoms with Gasteiger partial charge in [0.15, 0.2) is 0 Å². The van der Waals surface area contributed by atoms with Gasteiger partial charge in [-0.1, -0.05) is 31.2 Å². The van der Waals surface area contributed by atoms with E-state index in [0.717, 1.165) is 4.90 Å². The molecule has 5 heteroatoms. The fraction of sp³-hybridized carbons (Fsp3) is 0.500. The molecule has 1 aliphatic heterocycles. The Morgan fingerprint density at radius 3 is 2.32 bits per heavy atom. The number of nitrogens with zero attached hydrogens (tertiary/aromatic N) is 1. The molecule has 4 amide bonds. The molecule has 1 unspecified atom stereocenters. The maximum absolute atomic E-state index is 12.5. The van der Waals surface area contributed by atoms with Crippen LogP contribution >= 0.6 is 0 Å². The lowest BCUT2D eigenvalue weighted by molar-refractivity contribution is -0.151. The first-order chi connectivity index (χ1) is 9.03. The molecule has 0 aromatic heterocycles. The second kappa shape index (κ2) is 6.31. The molecule has 1 N–H and O–H groups in total. The lowest BCUT2D eigenvalue weighted by atomic mass is 9.78. The highest BCUT2D eigenvalue weighted by Crippen LogP contribution is 2.33. The zero-order valence-corrected chi connectivity index (χ0v) is 11.6. The van der Waals surface area contributed by atoms with Crippen molar-refractivity contribution >= 4 is 17.8 Å². The molecule has 104 valence electrons. The number of amides is 4. The normalized spacial score (nSPS) is 24.6. The van der Waals surface area contributed by atoms with Crippen LogP contribution in [0.3, 0.4) is 0 Å². The van der Waals surface area contributed by atoms with Crippen LogP contribution in [0.25, 0.3) is 0 Å². The number of hydrogen-bond donors (Lipinski definition) is 1. The zero-order chi connectivity index (χ0) is 14.5. The van der Waals surface area contributed by atoms with E-state index in [0.29, 0.717) is 12.8 Å². The minimum atomic E-state index is -1.16. The molecule has 1 atom stereocenters. The Bertz CT molecular complexity index is 440. The van der Waals surface area contributed by atoms with Gasteiger partial charge in [-0.25, -0.2) is 4.79 Å². The van der Waals surface area contributed by atoms with E-state index in [9.17, 15) is 14.4 Å². The second-order valence-electron chi connectivity index (χ2n) is 4.45. The summed E-state index contributed by atoms with van der Waals surface area (Å²) in [6.45, 7) is 5.61. The minimum Gasteiger partial charge on any atom is -0.277 e. The lowest BCUT2D eigenvalue weighted by Gasteiger charge is -2.37. The molecule has 19 heavy (non-hydrogen) atoms. The van der Waals surface area contributed by atoms with Crippen molar-refractivity contribution in [2.24, 2.45) is 5.41 Å². The van der Waals surface area contributed by atoms with E-state index in [1.54, 1.807) is 31.2 Å². The summed E-state index contributed by atoms with van der Waals surface area (Å²) in [5.74, 6) is -0.917. The summed E-state index contributed by atoms with van der Waals surface area (Å²) in [4.78, 5) is 37.4. The average Bonchev–Trinajstić information content (AvgIpc) is 2.39. The maximum atomic E-state index is 12.5. The number of carbonyl (C=O) groups is 3. The molecule has 0 aromatic carbocycles. The van der Waals surface area contributed by atoms with E-state index >= 15 is 0 Å². The van der Waals surface area contributed by atoms with Crippen molar-refractivity contribution in [2.75, 3.05) is 6.54 Å². The Morgan fingerprint density at radius 2 is 1.79 bits per heavy atom. The van der Waals surface area contributed by atoms with Crippen LogP contribution in [0.15, 0.2) is 24.3 Å². The SMILES string of the molecule is CC=CCN1C(=O)NC(=O)C(CC)(CC=CC)C1=O. The third-order valence-electron chi connectivity index (χ3n) is 3.38. The predicted molar refractivity (Wildman–Crippen MR) is 72.2 cm³/mol. The van der Waals surface area contributed by atoms with E-state index in [1.807, 2.05) is 13.8 Å². The van der Waals surface area contributed by atoms with Crippen LogP contribution in [0.2, 0.25) is 0 Å². The highest BCUT2D eigenvalue weighted by molar-refractivity contribution is 6.19. The van der Waals surface area contributed by atoms with Crippen LogP contribution in [0.1, 0.15) is 33.6 Å². The molecule has 0 spiro atoms.